The second kappa shape index (κ2) is 8.86. The lowest BCUT2D eigenvalue weighted by Gasteiger charge is -2.13. The fourth-order valence-electron chi connectivity index (χ4n) is 3.27. The minimum Gasteiger partial charge on any atom is -0.300 e. The van der Waals surface area contributed by atoms with Gasteiger partial charge >= 0.3 is 0 Å². The molecule has 29 heavy (non-hydrogen) atoms. The Balaban J connectivity index is 2.02. The number of nitrogens with zero attached hydrogens (tertiary/aromatic N) is 3. The van der Waals surface area contributed by atoms with E-state index in [9.17, 15) is 12.8 Å². The first-order chi connectivity index (χ1) is 13.8. The lowest BCUT2D eigenvalue weighted by molar-refractivity contribution is 0.323. The number of primary sulfonamides is 1. The standard InChI is InChI=1S/C21H25FN4O2S/c1-3-11-25(2)15-17-13-18(12-16-7-5-4-6-8-16)26(24-17)21-10-9-19(14-20(21)22)29(23,27)28/h4-10,13-14H,3,11-12,15H2,1-2H3,(H2,23,27,28). The summed E-state index contributed by atoms with van der Waals surface area (Å²) >= 11 is 0. The molecular formula is C21H25FN4O2S. The summed E-state index contributed by atoms with van der Waals surface area (Å²) in [6.45, 7) is 3.68. The lowest BCUT2D eigenvalue weighted by atomic mass is 10.1. The zero-order valence-corrected chi connectivity index (χ0v) is 17.4. The Labute approximate surface area is 170 Å². The molecule has 1 aromatic heterocycles. The predicted molar refractivity (Wildman–Crippen MR) is 111 cm³/mol. The van der Waals surface area contributed by atoms with E-state index >= 15 is 0 Å². The Bertz CT molecular complexity index is 1080. The monoisotopic (exact) mass is 416 g/mol. The van der Waals surface area contributed by atoms with Gasteiger partial charge < -0.3 is 4.90 Å². The van der Waals surface area contributed by atoms with Crippen molar-refractivity contribution in [1.29, 1.82) is 0 Å². The maximum atomic E-state index is 14.8. The molecule has 0 aliphatic rings. The van der Waals surface area contributed by atoms with Crippen molar-refractivity contribution in [2.45, 2.75) is 31.2 Å². The van der Waals surface area contributed by atoms with Crippen LogP contribution in [0.3, 0.4) is 0 Å². The van der Waals surface area contributed by atoms with Gasteiger partial charge in [-0.05, 0) is 49.8 Å². The van der Waals surface area contributed by atoms with Gasteiger partial charge in [0.25, 0.3) is 0 Å². The van der Waals surface area contributed by atoms with Crippen LogP contribution >= 0.6 is 0 Å². The van der Waals surface area contributed by atoms with Gasteiger partial charge in [0.05, 0.1) is 10.6 Å². The highest BCUT2D eigenvalue weighted by Crippen LogP contribution is 2.22. The van der Waals surface area contributed by atoms with Crippen molar-refractivity contribution in [2.24, 2.45) is 5.14 Å². The predicted octanol–water partition coefficient (Wildman–Crippen LogP) is 3.09. The van der Waals surface area contributed by atoms with Gasteiger partial charge in [-0.15, -0.1) is 0 Å². The zero-order valence-electron chi connectivity index (χ0n) is 16.5. The largest absolute Gasteiger partial charge is 0.300 e. The summed E-state index contributed by atoms with van der Waals surface area (Å²) in [5.74, 6) is -0.692. The topological polar surface area (TPSA) is 81.2 Å². The molecule has 6 nitrogen and oxygen atoms in total. The van der Waals surface area contributed by atoms with Gasteiger partial charge in [-0.3, -0.25) is 0 Å². The summed E-state index contributed by atoms with van der Waals surface area (Å²) < 4.78 is 39.4. The zero-order chi connectivity index (χ0) is 21.0. The van der Waals surface area contributed by atoms with Gasteiger partial charge in [0, 0.05) is 18.7 Å². The van der Waals surface area contributed by atoms with Gasteiger partial charge in [-0.2, -0.15) is 5.10 Å². The van der Waals surface area contributed by atoms with Crippen molar-refractivity contribution >= 4 is 10.0 Å². The minimum atomic E-state index is -3.98. The van der Waals surface area contributed by atoms with Gasteiger partial charge in [-0.1, -0.05) is 37.3 Å². The Kier molecular flexibility index (Phi) is 6.46. The Morgan fingerprint density at radius 1 is 1.14 bits per heavy atom. The van der Waals surface area contributed by atoms with Gasteiger partial charge in [0.15, 0.2) is 0 Å². The van der Waals surface area contributed by atoms with Crippen LogP contribution in [0.1, 0.15) is 30.3 Å². The molecule has 0 fully saturated rings. The molecule has 0 saturated heterocycles. The Hall–Kier alpha value is -2.55. The molecule has 3 rings (SSSR count). The number of hydrogen-bond acceptors (Lipinski definition) is 4. The van der Waals surface area contributed by atoms with Crippen molar-refractivity contribution < 1.29 is 12.8 Å². The fourth-order valence-corrected chi connectivity index (χ4v) is 3.79. The van der Waals surface area contributed by atoms with Crippen LogP contribution in [-0.2, 0) is 23.0 Å². The van der Waals surface area contributed by atoms with Gasteiger partial charge in [0.1, 0.15) is 11.5 Å². The highest BCUT2D eigenvalue weighted by molar-refractivity contribution is 7.89. The average molecular weight is 417 g/mol. The van der Waals surface area contributed by atoms with Crippen LogP contribution in [0.5, 0.6) is 0 Å². The molecule has 0 bridgehead atoms. The van der Waals surface area contributed by atoms with E-state index in [4.69, 9.17) is 5.14 Å². The molecule has 0 aliphatic carbocycles. The van der Waals surface area contributed by atoms with E-state index in [2.05, 4.69) is 16.9 Å². The summed E-state index contributed by atoms with van der Waals surface area (Å²) in [6, 6.07) is 15.4. The molecule has 0 atom stereocenters. The highest BCUT2D eigenvalue weighted by Gasteiger charge is 2.17. The maximum absolute atomic E-state index is 14.8. The van der Waals surface area contributed by atoms with Crippen molar-refractivity contribution in [1.82, 2.24) is 14.7 Å². The van der Waals surface area contributed by atoms with E-state index in [1.807, 2.05) is 43.4 Å². The lowest BCUT2D eigenvalue weighted by Crippen LogP contribution is -2.18. The molecule has 0 aliphatic heterocycles. The third-order valence-electron chi connectivity index (χ3n) is 4.57. The maximum Gasteiger partial charge on any atom is 0.238 e. The number of rotatable bonds is 8. The van der Waals surface area contributed by atoms with Crippen LogP contribution in [-0.4, -0.2) is 36.7 Å². The summed E-state index contributed by atoms with van der Waals surface area (Å²) in [5.41, 5.74) is 2.90. The molecule has 0 saturated carbocycles. The van der Waals surface area contributed by atoms with Crippen molar-refractivity contribution in [3.63, 3.8) is 0 Å². The van der Waals surface area contributed by atoms with Gasteiger partial charge in [0.2, 0.25) is 10.0 Å². The molecule has 3 aromatic rings. The SMILES string of the molecule is CCCN(C)Cc1cc(Cc2ccccc2)n(-c2ccc(S(N)(=O)=O)cc2F)n1. The molecule has 0 radical (unpaired) electrons. The molecule has 0 amide bonds. The minimum absolute atomic E-state index is 0.188. The van der Waals surface area contributed by atoms with Crippen LogP contribution in [0.4, 0.5) is 4.39 Å². The molecule has 154 valence electrons. The third-order valence-corrected chi connectivity index (χ3v) is 5.49. The van der Waals surface area contributed by atoms with E-state index in [1.54, 1.807) is 4.68 Å². The number of halogens is 1. The number of benzene rings is 2. The summed E-state index contributed by atoms with van der Waals surface area (Å²) in [7, 11) is -1.96. The molecule has 2 aromatic carbocycles. The normalized spacial score (nSPS) is 11.9. The summed E-state index contributed by atoms with van der Waals surface area (Å²) in [4.78, 5) is 1.89. The van der Waals surface area contributed by atoms with Crippen molar-refractivity contribution in [3.8, 4) is 5.69 Å². The van der Waals surface area contributed by atoms with E-state index in [1.165, 1.54) is 12.1 Å². The van der Waals surface area contributed by atoms with E-state index in [0.717, 1.165) is 36.0 Å². The van der Waals surface area contributed by atoms with Gasteiger partial charge in [-0.25, -0.2) is 22.6 Å². The van der Waals surface area contributed by atoms with Crippen molar-refractivity contribution in [3.05, 3.63) is 77.4 Å². The number of nitrogens with two attached hydrogens (primary N) is 1. The van der Waals surface area contributed by atoms with Crippen LogP contribution < -0.4 is 5.14 Å². The van der Waals surface area contributed by atoms with E-state index in [-0.39, 0.29) is 10.6 Å². The third kappa shape index (κ3) is 5.29. The second-order valence-electron chi connectivity index (χ2n) is 7.10. The molecular weight excluding hydrogens is 391 g/mol. The van der Waals surface area contributed by atoms with Crippen molar-refractivity contribution in [2.75, 3.05) is 13.6 Å². The molecule has 1 heterocycles. The second-order valence-corrected chi connectivity index (χ2v) is 8.66. The first-order valence-electron chi connectivity index (χ1n) is 9.41. The fraction of sp³-hybridized carbons (Fsp3) is 0.286. The van der Waals surface area contributed by atoms with E-state index in [0.29, 0.717) is 13.0 Å². The van der Waals surface area contributed by atoms with Crippen LogP contribution in [0, 0.1) is 5.82 Å². The average Bonchev–Trinajstić information content (AvgIpc) is 3.03. The van der Waals surface area contributed by atoms with Crippen LogP contribution in [0.15, 0.2) is 59.5 Å². The van der Waals surface area contributed by atoms with E-state index < -0.39 is 15.8 Å². The number of sulfonamides is 1. The number of aromatic nitrogens is 2. The highest BCUT2D eigenvalue weighted by atomic mass is 32.2. The molecule has 0 unspecified atom stereocenters. The molecule has 0 spiro atoms. The Morgan fingerprint density at radius 3 is 2.48 bits per heavy atom. The summed E-state index contributed by atoms with van der Waals surface area (Å²) in [5, 5.41) is 9.72. The number of hydrogen-bond donors (Lipinski definition) is 1. The summed E-state index contributed by atoms with van der Waals surface area (Å²) in [6.07, 6.45) is 1.60. The molecule has 8 heteroatoms. The quantitative estimate of drug-likeness (QED) is 0.612. The van der Waals surface area contributed by atoms with Crippen LogP contribution in [0.2, 0.25) is 0 Å². The molecule has 2 N–H and O–H groups in total. The Morgan fingerprint density at radius 2 is 1.86 bits per heavy atom. The smallest absolute Gasteiger partial charge is 0.238 e. The first-order valence-corrected chi connectivity index (χ1v) is 11.0. The van der Waals surface area contributed by atoms with Crippen LogP contribution in [0.25, 0.3) is 5.69 Å². The first kappa shape index (κ1) is 21.2.